The van der Waals surface area contributed by atoms with Crippen LogP contribution in [0.4, 0.5) is 5.69 Å². The van der Waals surface area contributed by atoms with Crippen LogP contribution in [-0.4, -0.2) is 12.5 Å². The molecule has 0 atom stereocenters. The van der Waals surface area contributed by atoms with Gasteiger partial charge in [-0.05, 0) is 86.8 Å². The van der Waals surface area contributed by atoms with E-state index in [0.717, 1.165) is 22.4 Å². The first kappa shape index (κ1) is 23.0. The number of halogens is 2. The Morgan fingerprint density at radius 3 is 2.39 bits per heavy atom. The number of carbonyl (C=O) groups excluding carboxylic acids is 1. The number of hydrogen-bond donors (Lipinski definition) is 1. The van der Waals surface area contributed by atoms with E-state index in [1.807, 2.05) is 26.8 Å². The molecule has 0 heterocycles. The van der Waals surface area contributed by atoms with Crippen molar-refractivity contribution in [2.45, 2.75) is 34.3 Å². The second kappa shape index (κ2) is 10.1. The summed E-state index contributed by atoms with van der Waals surface area (Å²) in [6.07, 6.45) is 0. The number of rotatable bonds is 7. The number of amides is 1. The largest absolute Gasteiger partial charge is 0.493 e. The minimum atomic E-state index is -0.259. The Morgan fingerprint density at radius 1 is 0.903 bits per heavy atom. The van der Waals surface area contributed by atoms with Crippen LogP contribution in [0.3, 0.4) is 0 Å². The standard InChI is InChI=1S/C25H25Cl2NO3/c1-5-30-23-9-6-18(25(29)28-20-7-8-21(26)22(27)13-20)12-19(23)14-31-24-11-15(2)10-16(3)17(24)4/h6-13H,5,14H2,1-4H3,(H,28,29). The molecular formula is C25H25Cl2NO3. The molecule has 1 N–H and O–H groups in total. The van der Waals surface area contributed by atoms with Gasteiger partial charge in [0, 0.05) is 16.8 Å². The second-order valence-electron chi connectivity index (χ2n) is 7.33. The minimum Gasteiger partial charge on any atom is -0.493 e. The zero-order chi connectivity index (χ0) is 22.5. The Kier molecular flexibility index (Phi) is 7.47. The first-order valence-corrected chi connectivity index (χ1v) is 10.8. The van der Waals surface area contributed by atoms with Gasteiger partial charge in [0.1, 0.15) is 18.1 Å². The monoisotopic (exact) mass is 457 g/mol. The van der Waals surface area contributed by atoms with E-state index in [1.54, 1.807) is 36.4 Å². The Labute approximate surface area is 193 Å². The fourth-order valence-corrected chi connectivity index (χ4v) is 3.51. The van der Waals surface area contributed by atoms with Crippen molar-refractivity contribution in [2.24, 2.45) is 0 Å². The summed E-state index contributed by atoms with van der Waals surface area (Å²) < 4.78 is 11.9. The topological polar surface area (TPSA) is 47.6 Å². The number of aryl methyl sites for hydroxylation is 2. The molecule has 3 aromatic rings. The molecule has 6 heteroatoms. The molecule has 0 aliphatic heterocycles. The van der Waals surface area contributed by atoms with Gasteiger partial charge in [-0.3, -0.25) is 4.79 Å². The smallest absolute Gasteiger partial charge is 0.255 e. The highest BCUT2D eigenvalue weighted by molar-refractivity contribution is 6.42. The van der Waals surface area contributed by atoms with Gasteiger partial charge in [0.05, 0.1) is 16.7 Å². The van der Waals surface area contributed by atoms with E-state index < -0.39 is 0 Å². The molecule has 3 rings (SSSR count). The maximum Gasteiger partial charge on any atom is 0.255 e. The van der Waals surface area contributed by atoms with Gasteiger partial charge in [-0.25, -0.2) is 0 Å². The number of hydrogen-bond acceptors (Lipinski definition) is 3. The average Bonchev–Trinajstić information content (AvgIpc) is 2.73. The maximum absolute atomic E-state index is 12.8. The Morgan fingerprint density at radius 2 is 1.68 bits per heavy atom. The molecule has 0 aromatic heterocycles. The van der Waals surface area contributed by atoms with Gasteiger partial charge in [0.15, 0.2) is 0 Å². The molecule has 0 fully saturated rings. The van der Waals surface area contributed by atoms with Crippen LogP contribution < -0.4 is 14.8 Å². The number of ether oxygens (including phenoxy) is 2. The molecule has 0 bridgehead atoms. The summed E-state index contributed by atoms with van der Waals surface area (Å²) in [5.74, 6) is 1.26. The summed E-state index contributed by atoms with van der Waals surface area (Å²) >= 11 is 12.0. The van der Waals surface area contributed by atoms with Gasteiger partial charge < -0.3 is 14.8 Å². The molecule has 0 radical (unpaired) electrons. The van der Waals surface area contributed by atoms with E-state index in [1.165, 1.54) is 5.56 Å². The summed E-state index contributed by atoms with van der Waals surface area (Å²) in [6, 6.07) is 14.4. The van der Waals surface area contributed by atoms with Crippen LogP contribution in [0.15, 0.2) is 48.5 Å². The maximum atomic E-state index is 12.8. The van der Waals surface area contributed by atoms with Crippen molar-refractivity contribution in [1.82, 2.24) is 0 Å². The summed E-state index contributed by atoms with van der Waals surface area (Å²) in [5, 5.41) is 3.65. The summed E-state index contributed by atoms with van der Waals surface area (Å²) in [5.41, 5.74) is 5.26. The third kappa shape index (κ3) is 5.72. The van der Waals surface area contributed by atoms with Crippen LogP contribution in [-0.2, 0) is 6.61 Å². The van der Waals surface area contributed by atoms with Crippen molar-refractivity contribution in [3.8, 4) is 11.5 Å². The van der Waals surface area contributed by atoms with Gasteiger partial charge in [0.2, 0.25) is 0 Å². The molecule has 0 saturated heterocycles. The van der Waals surface area contributed by atoms with Crippen LogP contribution in [0.1, 0.15) is 39.5 Å². The molecular weight excluding hydrogens is 433 g/mol. The van der Waals surface area contributed by atoms with Gasteiger partial charge in [-0.15, -0.1) is 0 Å². The molecule has 31 heavy (non-hydrogen) atoms. The molecule has 162 valence electrons. The summed E-state index contributed by atoms with van der Waals surface area (Å²) in [7, 11) is 0. The number of anilines is 1. The van der Waals surface area contributed by atoms with Crippen molar-refractivity contribution >= 4 is 34.8 Å². The van der Waals surface area contributed by atoms with Crippen molar-refractivity contribution in [2.75, 3.05) is 11.9 Å². The molecule has 0 saturated carbocycles. The van der Waals surface area contributed by atoms with Crippen LogP contribution in [0, 0.1) is 20.8 Å². The quantitative estimate of drug-likeness (QED) is 0.409. The summed E-state index contributed by atoms with van der Waals surface area (Å²) in [6.45, 7) is 8.86. The lowest BCUT2D eigenvalue weighted by molar-refractivity contribution is 0.102. The Balaban J connectivity index is 1.83. The van der Waals surface area contributed by atoms with Gasteiger partial charge in [-0.1, -0.05) is 29.3 Å². The first-order valence-electron chi connectivity index (χ1n) is 10.0. The lowest BCUT2D eigenvalue weighted by Crippen LogP contribution is -2.13. The Bertz CT molecular complexity index is 1110. The highest BCUT2D eigenvalue weighted by Gasteiger charge is 2.13. The third-order valence-corrected chi connectivity index (χ3v) is 5.69. The van der Waals surface area contributed by atoms with Crippen LogP contribution in [0.5, 0.6) is 11.5 Å². The van der Waals surface area contributed by atoms with E-state index in [-0.39, 0.29) is 12.5 Å². The highest BCUT2D eigenvalue weighted by atomic mass is 35.5. The average molecular weight is 458 g/mol. The predicted molar refractivity (Wildman–Crippen MR) is 127 cm³/mol. The van der Waals surface area contributed by atoms with Crippen molar-refractivity contribution < 1.29 is 14.3 Å². The first-order chi connectivity index (χ1) is 14.8. The fraction of sp³-hybridized carbons (Fsp3) is 0.240. The molecule has 1 amide bonds. The Hall–Kier alpha value is -2.69. The third-order valence-electron chi connectivity index (χ3n) is 4.95. The van der Waals surface area contributed by atoms with E-state index >= 15 is 0 Å². The van der Waals surface area contributed by atoms with E-state index in [2.05, 4.69) is 18.3 Å². The van der Waals surface area contributed by atoms with E-state index in [9.17, 15) is 4.79 Å². The van der Waals surface area contributed by atoms with Crippen LogP contribution >= 0.6 is 23.2 Å². The second-order valence-corrected chi connectivity index (χ2v) is 8.15. The fourth-order valence-electron chi connectivity index (χ4n) is 3.21. The lowest BCUT2D eigenvalue weighted by atomic mass is 10.1. The van der Waals surface area contributed by atoms with Crippen LogP contribution in [0.2, 0.25) is 10.0 Å². The SMILES string of the molecule is CCOc1ccc(C(=O)Nc2ccc(Cl)c(Cl)c2)cc1COc1cc(C)cc(C)c1C. The zero-order valence-corrected chi connectivity index (χ0v) is 19.5. The van der Waals surface area contributed by atoms with E-state index in [0.29, 0.717) is 33.7 Å². The molecule has 0 aliphatic carbocycles. The lowest BCUT2D eigenvalue weighted by Gasteiger charge is -2.16. The molecule has 4 nitrogen and oxygen atoms in total. The number of benzene rings is 3. The normalized spacial score (nSPS) is 10.6. The predicted octanol–water partition coefficient (Wildman–Crippen LogP) is 7.15. The highest BCUT2D eigenvalue weighted by Crippen LogP contribution is 2.28. The molecule has 0 aliphatic rings. The molecule has 0 spiro atoms. The van der Waals surface area contributed by atoms with Gasteiger partial charge >= 0.3 is 0 Å². The van der Waals surface area contributed by atoms with Crippen molar-refractivity contribution in [3.05, 3.63) is 86.4 Å². The number of carbonyl (C=O) groups is 1. The van der Waals surface area contributed by atoms with Crippen LogP contribution in [0.25, 0.3) is 0 Å². The minimum absolute atomic E-state index is 0.259. The van der Waals surface area contributed by atoms with Gasteiger partial charge in [0.25, 0.3) is 5.91 Å². The van der Waals surface area contributed by atoms with Crippen molar-refractivity contribution in [3.63, 3.8) is 0 Å². The zero-order valence-electron chi connectivity index (χ0n) is 18.0. The molecule has 3 aromatic carbocycles. The van der Waals surface area contributed by atoms with Gasteiger partial charge in [-0.2, -0.15) is 0 Å². The summed E-state index contributed by atoms with van der Waals surface area (Å²) in [4.78, 5) is 12.8. The van der Waals surface area contributed by atoms with E-state index in [4.69, 9.17) is 32.7 Å². The number of nitrogens with one attached hydrogen (secondary N) is 1. The molecule has 0 unspecified atom stereocenters. The van der Waals surface area contributed by atoms with Crippen molar-refractivity contribution in [1.29, 1.82) is 0 Å².